The van der Waals surface area contributed by atoms with E-state index >= 15 is 0 Å². The highest BCUT2D eigenvalue weighted by molar-refractivity contribution is 5.73. The van der Waals surface area contributed by atoms with Gasteiger partial charge in [0.15, 0.2) is 0 Å². The van der Waals surface area contributed by atoms with Crippen molar-refractivity contribution < 1.29 is 9.53 Å². The molecule has 0 aromatic carbocycles. The lowest BCUT2D eigenvalue weighted by Gasteiger charge is -2.36. The highest BCUT2D eigenvalue weighted by Gasteiger charge is 2.18. The molecule has 1 rings (SSSR count). The summed E-state index contributed by atoms with van der Waals surface area (Å²) in [5.74, 6) is 1.01. The molecule has 0 saturated carbocycles. The van der Waals surface area contributed by atoms with Crippen LogP contribution in [0.3, 0.4) is 0 Å². The molecule has 20 heavy (non-hydrogen) atoms. The molecule has 1 aliphatic rings. The van der Waals surface area contributed by atoms with Gasteiger partial charge in [-0.25, -0.2) is 0 Å². The van der Waals surface area contributed by atoms with Gasteiger partial charge in [0.05, 0.1) is 12.9 Å². The number of hydrogen-bond donors (Lipinski definition) is 0. The number of nitrogens with zero attached hydrogens (tertiary/aromatic N) is 2. The second-order valence-electron chi connectivity index (χ2n) is 4.27. The zero-order valence-corrected chi connectivity index (χ0v) is 13.5. The van der Waals surface area contributed by atoms with Crippen LogP contribution in [0.25, 0.3) is 0 Å². The summed E-state index contributed by atoms with van der Waals surface area (Å²) in [6.45, 7) is 14.6. The van der Waals surface area contributed by atoms with Gasteiger partial charge >= 0.3 is 0 Å². The number of hydrogen-bond acceptors (Lipinski definition) is 3. The number of allylic oxidation sites excluding steroid dienone is 4. The molecule has 0 radical (unpaired) electrons. The zero-order valence-electron chi connectivity index (χ0n) is 13.5. The van der Waals surface area contributed by atoms with E-state index in [0.29, 0.717) is 0 Å². The molecule has 0 spiro atoms. The highest BCUT2D eigenvalue weighted by Crippen LogP contribution is 2.11. The summed E-state index contributed by atoms with van der Waals surface area (Å²) in [6.07, 6.45) is 5.76. The zero-order chi connectivity index (χ0) is 15.5. The molecule has 4 nitrogen and oxygen atoms in total. The third kappa shape index (κ3) is 5.95. The summed E-state index contributed by atoms with van der Waals surface area (Å²) in [7, 11) is 1.65. The van der Waals surface area contributed by atoms with E-state index in [4.69, 9.17) is 4.74 Å². The molecular weight excluding hydrogens is 252 g/mol. The van der Waals surface area contributed by atoms with Crippen LogP contribution in [-0.4, -0.2) is 49.0 Å². The Kier molecular flexibility index (Phi) is 9.26. The largest absolute Gasteiger partial charge is 0.501 e. The highest BCUT2D eigenvalue weighted by atomic mass is 16.5. The summed E-state index contributed by atoms with van der Waals surface area (Å²) in [5.41, 5.74) is 1.06. The number of ether oxygens (including phenoxy) is 1. The van der Waals surface area contributed by atoms with E-state index in [0.717, 1.165) is 37.6 Å². The first-order chi connectivity index (χ1) is 9.58. The number of methoxy groups -OCH3 is 1. The number of carbonyl (C=O) groups is 1. The van der Waals surface area contributed by atoms with Gasteiger partial charge in [0.1, 0.15) is 0 Å². The van der Waals surface area contributed by atoms with Crippen molar-refractivity contribution in [2.75, 3.05) is 33.3 Å². The van der Waals surface area contributed by atoms with E-state index < -0.39 is 0 Å². The van der Waals surface area contributed by atoms with Crippen LogP contribution in [0.5, 0.6) is 0 Å². The summed E-state index contributed by atoms with van der Waals surface area (Å²) >= 11 is 0. The molecule has 0 unspecified atom stereocenters. The van der Waals surface area contributed by atoms with Crippen molar-refractivity contribution in [3.63, 3.8) is 0 Å². The third-order valence-corrected chi connectivity index (χ3v) is 3.11. The molecule has 114 valence electrons. The van der Waals surface area contributed by atoms with Gasteiger partial charge in [-0.3, -0.25) is 4.79 Å². The van der Waals surface area contributed by atoms with E-state index in [1.54, 1.807) is 14.0 Å². The molecule has 1 aliphatic heterocycles. The van der Waals surface area contributed by atoms with E-state index in [1.807, 2.05) is 43.9 Å². The van der Waals surface area contributed by atoms with Crippen molar-refractivity contribution in [1.82, 2.24) is 9.80 Å². The first kappa shape index (κ1) is 18.3. The van der Waals surface area contributed by atoms with Crippen molar-refractivity contribution in [2.45, 2.75) is 27.7 Å². The van der Waals surface area contributed by atoms with Crippen LogP contribution in [0, 0.1) is 0 Å². The molecule has 4 heteroatoms. The van der Waals surface area contributed by atoms with Crippen molar-refractivity contribution in [1.29, 1.82) is 0 Å². The van der Waals surface area contributed by atoms with Crippen molar-refractivity contribution in [3.05, 3.63) is 36.3 Å². The van der Waals surface area contributed by atoms with Crippen LogP contribution >= 0.6 is 0 Å². The number of amides is 1. The van der Waals surface area contributed by atoms with Gasteiger partial charge in [0.25, 0.3) is 0 Å². The quantitative estimate of drug-likeness (QED) is 0.586. The molecule has 0 aliphatic carbocycles. The van der Waals surface area contributed by atoms with Crippen molar-refractivity contribution >= 4 is 5.91 Å². The van der Waals surface area contributed by atoms with Crippen LogP contribution in [-0.2, 0) is 9.53 Å². The predicted octanol–water partition coefficient (Wildman–Crippen LogP) is 2.80. The molecule has 1 heterocycles. The van der Waals surface area contributed by atoms with Gasteiger partial charge in [-0.2, -0.15) is 0 Å². The fourth-order valence-corrected chi connectivity index (χ4v) is 1.85. The minimum Gasteiger partial charge on any atom is -0.501 e. The Hall–Kier alpha value is -1.71. The maximum Gasteiger partial charge on any atom is 0.219 e. The smallest absolute Gasteiger partial charge is 0.219 e. The molecular formula is C16H28N2O2. The topological polar surface area (TPSA) is 32.8 Å². The Labute approximate surface area is 123 Å². The van der Waals surface area contributed by atoms with Gasteiger partial charge in [-0.15, -0.1) is 0 Å². The number of piperazine rings is 1. The maximum atomic E-state index is 11.2. The predicted molar refractivity (Wildman–Crippen MR) is 84.2 cm³/mol. The third-order valence-electron chi connectivity index (χ3n) is 3.11. The normalized spacial score (nSPS) is 16.2. The lowest BCUT2D eigenvalue weighted by Crippen LogP contribution is -2.47. The fraction of sp³-hybridized carbons (Fsp3) is 0.562. The summed E-state index contributed by atoms with van der Waals surface area (Å²) in [6, 6.07) is 0. The maximum absolute atomic E-state index is 11.2. The second kappa shape index (κ2) is 10.1. The van der Waals surface area contributed by atoms with E-state index in [9.17, 15) is 4.79 Å². The monoisotopic (exact) mass is 280 g/mol. The summed E-state index contributed by atoms with van der Waals surface area (Å²) in [4.78, 5) is 15.3. The van der Waals surface area contributed by atoms with E-state index in [-0.39, 0.29) is 5.91 Å². The Morgan fingerprint density at radius 2 is 1.55 bits per heavy atom. The van der Waals surface area contributed by atoms with Crippen LogP contribution in [0.15, 0.2) is 36.3 Å². The van der Waals surface area contributed by atoms with Crippen molar-refractivity contribution in [3.8, 4) is 0 Å². The van der Waals surface area contributed by atoms with Crippen LogP contribution in [0.1, 0.15) is 27.7 Å². The van der Waals surface area contributed by atoms with Gasteiger partial charge in [-0.1, -0.05) is 20.4 Å². The lowest BCUT2D eigenvalue weighted by atomic mass is 10.2. The average molecular weight is 280 g/mol. The standard InChI is InChI=1S/C14H22N2O2.C2H6/c1-5-14(7-6-12(2)18-4)16-10-8-15(9-11-16)13(3)17;1-2/h5-7H,1,8-11H2,2-4H3;1-2H3/b12-6+,14-7+;. The average Bonchev–Trinajstić information content (AvgIpc) is 2.50. The van der Waals surface area contributed by atoms with Gasteiger partial charge < -0.3 is 14.5 Å². The number of carbonyl (C=O) groups excluding carboxylic acids is 1. The van der Waals surface area contributed by atoms with Crippen LogP contribution in [0.4, 0.5) is 0 Å². The second-order valence-corrected chi connectivity index (χ2v) is 4.27. The first-order valence-electron chi connectivity index (χ1n) is 7.14. The first-order valence-corrected chi connectivity index (χ1v) is 7.14. The number of rotatable bonds is 4. The Morgan fingerprint density at radius 1 is 1.05 bits per heavy atom. The molecule has 0 atom stereocenters. The summed E-state index contributed by atoms with van der Waals surface area (Å²) < 4.78 is 5.09. The molecule has 1 saturated heterocycles. The van der Waals surface area contributed by atoms with Gasteiger partial charge in [-0.05, 0) is 25.2 Å². The minimum atomic E-state index is 0.147. The summed E-state index contributed by atoms with van der Waals surface area (Å²) in [5, 5.41) is 0. The van der Waals surface area contributed by atoms with Crippen LogP contribution < -0.4 is 0 Å². The SMILES string of the molecule is C=C/C(=C\C=C(/C)OC)N1CCN(C(C)=O)CC1.CC. The Bertz CT molecular complexity index is 365. The van der Waals surface area contributed by atoms with E-state index in [2.05, 4.69) is 11.5 Å². The minimum absolute atomic E-state index is 0.147. The fourth-order valence-electron chi connectivity index (χ4n) is 1.85. The molecule has 0 bridgehead atoms. The molecule has 1 fully saturated rings. The Balaban J connectivity index is 0.00000172. The molecule has 0 aromatic heterocycles. The molecule has 0 N–H and O–H groups in total. The van der Waals surface area contributed by atoms with Crippen molar-refractivity contribution in [2.24, 2.45) is 0 Å². The van der Waals surface area contributed by atoms with E-state index in [1.165, 1.54) is 0 Å². The lowest BCUT2D eigenvalue weighted by molar-refractivity contribution is -0.130. The van der Waals surface area contributed by atoms with Crippen LogP contribution in [0.2, 0.25) is 0 Å². The Morgan fingerprint density at radius 3 is 1.95 bits per heavy atom. The van der Waals surface area contributed by atoms with Gasteiger partial charge in [0, 0.05) is 38.8 Å². The molecule has 1 amide bonds. The molecule has 0 aromatic rings. The van der Waals surface area contributed by atoms with Gasteiger partial charge in [0.2, 0.25) is 5.91 Å².